The summed E-state index contributed by atoms with van der Waals surface area (Å²) in [6.07, 6.45) is 3.39. The van der Waals surface area contributed by atoms with Gasteiger partial charge in [0.15, 0.2) is 0 Å². The van der Waals surface area contributed by atoms with Crippen LogP contribution in [0.15, 0.2) is 0 Å². The van der Waals surface area contributed by atoms with Crippen LogP contribution >= 0.6 is 0 Å². The smallest absolute Gasteiger partial charge is 0.220 e. The van der Waals surface area contributed by atoms with E-state index in [1.807, 2.05) is 13.8 Å². The highest BCUT2D eigenvalue weighted by molar-refractivity contribution is 5.78. The van der Waals surface area contributed by atoms with Gasteiger partial charge < -0.3 is 14.8 Å². The lowest BCUT2D eigenvalue weighted by molar-refractivity contribution is -0.121. The van der Waals surface area contributed by atoms with Crippen molar-refractivity contribution in [2.24, 2.45) is 5.92 Å². The van der Waals surface area contributed by atoms with Gasteiger partial charge in [0.05, 0.1) is 5.60 Å². The second kappa shape index (κ2) is 13.7. The number of hydrogen-bond acceptors (Lipinski definition) is 3. The van der Waals surface area contributed by atoms with Gasteiger partial charge in [0.25, 0.3) is 0 Å². The Hall–Kier alpha value is -0.900. The molecule has 0 rings (SSSR count). The van der Waals surface area contributed by atoms with Gasteiger partial charge in [-0.05, 0) is 46.0 Å². The van der Waals surface area contributed by atoms with E-state index < -0.39 is 0 Å². The fraction of sp³-hybridized carbons (Fsp3) is 0.889. The molecule has 0 aliphatic heterocycles. The molecule has 22 heavy (non-hydrogen) atoms. The molecule has 0 aliphatic rings. The van der Waals surface area contributed by atoms with Crippen molar-refractivity contribution in [3.05, 3.63) is 0 Å². The fourth-order valence-corrected chi connectivity index (χ4v) is 1.73. The van der Waals surface area contributed by atoms with E-state index in [4.69, 9.17) is 4.74 Å². The molecule has 0 atom stereocenters. The van der Waals surface area contributed by atoms with Gasteiger partial charge in [-0.25, -0.2) is 0 Å². The molecule has 0 heterocycles. The first-order chi connectivity index (χ1) is 10.2. The van der Waals surface area contributed by atoms with Gasteiger partial charge in [0.1, 0.15) is 5.78 Å². The first-order valence-corrected chi connectivity index (χ1v) is 8.63. The van der Waals surface area contributed by atoms with Crippen molar-refractivity contribution in [2.75, 3.05) is 13.2 Å². The van der Waals surface area contributed by atoms with Crippen LogP contribution < -0.4 is 5.32 Å². The van der Waals surface area contributed by atoms with Crippen LogP contribution in [0, 0.1) is 5.92 Å². The van der Waals surface area contributed by atoms with E-state index in [-0.39, 0.29) is 17.3 Å². The number of ether oxygens (including phenoxy) is 1. The molecule has 4 nitrogen and oxygen atoms in total. The topological polar surface area (TPSA) is 55.4 Å². The van der Waals surface area contributed by atoms with Crippen LogP contribution in [0.3, 0.4) is 0 Å². The van der Waals surface area contributed by atoms with Crippen molar-refractivity contribution in [1.82, 2.24) is 5.32 Å². The van der Waals surface area contributed by atoms with E-state index in [1.54, 1.807) is 6.92 Å². The lowest BCUT2D eigenvalue weighted by Crippen LogP contribution is -2.33. The Labute approximate surface area is 137 Å². The van der Waals surface area contributed by atoms with Crippen LogP contribution in [-0.2, 0) is 14.3 Å². The van der Waals surface area contributed by atoms with E-state index in [0.717, 1.165) is 19.4 Å². The Morgan fingerprint density at radius 1 is 1.14 bits per heavy atom. The van der Waals surface area contributed by atoms with Gasteiger partial charge in [0.2, 0.25) is 5.91 Å². The average Bonchev–Trinajstić information content (AvgIpc) is 2.39. The standard InChI is InChI=1S/C16H31NO3.C2H6/c1-13(2)9-12-20-16(4,5)10-11-17-15(19)8-6-7-14(3)18;1-2/h13H,6-12H2,1-5H3,(H,17,19);1-2H3. The van der Waals surface area contributed by atoms with Crippen LogP contribution in [0.1, 0.15) is 80.6 Å². The SMILES string of the molecule is CC.CC(=O)CCCC(=O)NCCC(C)(C)OCCC(C)C. The predicted molar refractivity (Wildman–Crippen MR) is 93.0 cm³/mol. The van der Waals surface area contributed by atoms with Crippen LogP contribution in [-0.4, -0.2) is 30.4 Å². The third-order valence-corrected chi connectivity index (χ3v) is 3.17. The van der Waals surface area contributed by atoms with E-state index in [2.05, 4.69) is 33.0 Å². The monoisotopic (exact) mass is 315 g/mol. The molecule has 0 saturated carbocycles. The fourth-order valence-electron chi connectivity index (χ4n) is 1.73. The van der Waals surface area contributed by atoms with E-state index in [9.17, 15) is 9.59 Å². The Morgan fingerprint density at radius 2 is 1.73 bits per heavy atom. The molecule has 0 unspecified atom stereocenters. The highest BCUT2D eigenvalue weighted by Crippen LogP contribution is 2.15. The minimum atomic E-state index is -0.207. The summed E-state index contributed by atoms with van der Waals surface area (Å²) in [5, 5.41) is 2.88. The average molecular weight is 315 g/mol. The van der Waals surface area contributed by atoms with E-state index >= 15 is 0 Å². The highest BCUT2D eigenvalue weighted by atomic mass is 16.5. The molecule has 0 aromatic carbocycles. The maximum Gasteiger partial charge on any atom is 0.220 e. The number of carbonyl (C=O) groups excluding carboxylic acids is 2. The number of carbonyl (C=O) groups is 2. The maximum absolute atomic E-state index is 11.6. The summed E-state index contributed by atoms with van der Waals surface area (Å²) in [4.78, 5) is 22.3. The lowest BCUT2D eigenvalue weighted by Gasteiger charge is -2.26. The molecule has 0 radical (unpaired) electrons. The molecular formula is C18H37NO3. The molecule has 0 bridgehead atoms. The van der Waals surface area contributed by atoms with E-state index in [1.165, 1.54) is 0 Å². The van der Waals surface area contributed by atoms with Gasteiger partial charge >= 0.3 is 0 Å². The van der Waals surface area contributed by atoms with Crippen LogP contribution in [0.4, 0.5) is 0 Å². The van der Waals surface area contributed by atoms with Gasteiger partial charge in [0, 0.05) is 26.0 Å². The van der Waals surface area contributed by atoms with Crippen molar-refractivity contribution < 1.29 is 14.3 Å². The minimum absolute atomic E-state index is 0.0178. The zero-order valence-electron chi connectivity index (χ0n) is 15.8. The van der Waals surface area contributed by atoms with Crippen LogP contribution in [0.5, 0.6) is 0 Å². The maximum atomic E-state index is 11.6. The van der Waals surface area contributed by atoms with Crippen molar-refractivity contribution >= 4 is 11.7 Å². The molecule has 0 saturated heterocycles. The first kappa shape index (κ1) is 23.4. The summed E-state index contributed by atoms with van der Waals surface area (Å²) < 4.78 is 5.84. The van der Waals surface area contributed by atoms with Crippen LogP contribution in [0.2, 0.25) is 0 Å². The molecule has 0 fully saturated rings. The first-order valence-electron chi connectivity index (χ1n) is 8.63. The van der Waals surface area contributed by atoms with Gasteiger partial charge in [-0.2, -0.15) is 0 Å². The highest BCUT2D eigenvalue weighted by Gasteiger charge is 2.18. The Morgan fingerprint density at radius 3 is 2.23 bits per heavy atom. The third kappa shape index (κ3) is 17.2. The summed E-state index contributed by atoms with van der Waals surface area (Å²) in [5.41, 5.74) is -0.207. The summed E-state index contributed by atoms with van der Waals surface area (Å²) in [6, 6.07) is 0. The minimum Gasteiger partial charge on any atom is -0.375 e. The van der Waals surface area contributed by atoms with Gasteiger partial charge in [-0.15, -0.1) is 0 Å². The number of Topliss-reactive ketones (excluding diaryl/α,β-unsaturated/α-hetero) is 1. The molecule has 0 aromatic heterocycles. The lowest BCUT2D eigenvalue weighted by atomic mass is 10.0. The molecule has 1 N–H and O–H groups in total. The van der Waals surface area contributed by atoms with Gasteiger partial charge in [-0.3, -0.25) is 4.79 Å². The molecule has 0 spiro atoms. The second-order valence-electron chi connectivity index (χ2n) is 6.45. The number of ketones is 1. The Balaban J connectivity index is 0. The summed E-state index contributed by atoms with van der Waals surface area (Å²) in [5.74, 6) is 0.800. The summed E-state index contributed by atoms with van der Waals surface area (Å²) in [7, 11) is 0. The number of amides is 1. The predicted octanol–water partition coefficient (Wildman–Crippen LogP) is 4.12. The molecule has 0 aromatic rings. The zero-order valence-corrected chi connectivity index (χ0v) is 15.8. The molecular weight excluding hydrogens is 278 g/mol. The Kier molecular flexibility index (Phi) is 14.6. The van der Waals surface area contributed by atoms with Crippen molar-refractivity contribution in [2.45, 2.75) is 86.2 Å². The number of hydrogen-bond donors (Lipinski definition) is 1. The van der Waals surface area contributed by atoms with Gasteiger partial charge in [-0.1, -0.05) is 27.7 Å². The van der Waals surface area contributed by atoms with Crippen molar-refractivity contribution in [3.8, 4) is 0 Å². The zero-order chi connectivity index (χ0) is 17.6. The summed E-state index contributed by atoms with van der Waals surface area (Å²) >= 11 is 0. The van der Waals surface area contributed by atoms with Crippen molar-refractivity contribution in [1.29, 1.82) is 0 Å². The number of nitrogens with one attached hydrogen (secondary N) is 1. The number of rotatable bonds is 11. The third-order valence-electron chi connectivity index (χ3n) is 3.17. The quantitative estimate of drug-likeness (QED) is 0.624. The Bertz CT molecular complexity index is 299. The normalized spacial score (nSPS) is 10.9. The van der Waals surface area contributed by atoms with Crippen molar-refractivity contribution in [3.63, 3.8) is 0 Å². The molecule has 0 aliphatic carbocycles. The summed E-state index contributed by atoms with van der Waals surface area (Å²) in [6.45, 7) is 15.4. The molecule has 1 amide bonds. The largest absolute Gasteiger partial charge is 0.375 e. The second-order valence-corrected chi connectivity index (χ2v) is 6.45. The van der Waals surface area contributed by atoms with Crippen LogP contribution in [0.25, 0.3) is 0 Å². The molecule has 4 heteroatoms. The van der Waals surface area contributed by atoms with E-state index in [0.29, 0.717) is 31.7 Å². The molecule has 132 valence electrons.